The minimum absolute atomic E-state index is 0.217. The van der Waals surface area contributed by atoms with Crippen molar-refractivity contribution < 1.29 is 4.79 Å². The zero-order valence-electron chi connectivity index (χ0n) is 14.3. The average molecular weight is 437 g/mol. The molecule has 0 spiro atoms. The van der Waals surface area contributed by atoms with Crippen molar-refractivity contribution in [2.45, 2.75) is 5.92 Å². The van der Waals surface area contributed by atoms with Gasteiger partial charge in [-0.15, -0.1) is 0 Å². The second-order valence-corrected chi connectivity index (χ2v) is 7.50. The zero-order valence-corrected chi connectivity index (χ0v) is 15.9. The van der Waals surface area contributed by atoms with Crippen molar-refractivity contribution in [3.05, 3.63) is 85.0 Å². The van der Waals surface area contributed by atoms with Crippen LogP contribution >= 0.6 is 15.9 Å². The Labute approximate surface area is 166 Å². The van der Waals surface area contributed by atoms with Crippen LogP contribution in [0.1, 0.15) is 17.0 Å². The molecule has 8 heteroatoms. The van der Waals surface area contributed by atoms with Gasteiger partial charge in [0, 0.05) is 15.7 Å². The highest BCUT2D eigenvalue weighted by atomic mass is 79.9. The molecule has 138 valence electrons. The van der Waals surface area contributed by atoms with Gasteiger partial charge in [0.2, 0.25) is 5.91 Å². The highest BCUT2D eigenvalue weighted by Gasteiger charge is 2.36. The summed E-state index contributed by atoms with van der Waals surface area (Å²) in [6, 6.07) is 14.9. The number of aromatic amines is 3. The van der Waals surface area contributed by atoms with E-state index in [2.05, 4.69) is 36.2 Å². The Hall–Kier alpha value is -3.39. The van der Waals surface area contributed by atoms with Gasteiger partial charge in [-0.05, 0) is 29.3 Å². The Morgan fingerprint density at radius 2 is 1.61 bits per heavy atom. The largest absolute Gasteiger partial charge is 0.340 e. The van der Waals surface area contributed by atoms with E-state index in [4.69, 9.17) is 0 Å². The molecule has 0 fully saturated rings. The number of carbonyl (C=O) groups excluding carboxylic acids is 1. The summed E-state index contributed by atoms with van der Waals surface area (Å²) >= 11 is 3.41. The van der Waals surface area contributed by atoms with Gasteiger partial charge in [-0.25, -0.2) is 4.79 Å². The van der Waals surface area contributed by atoms with Gasteiger partial charge in [0.05, 0.1) is 17.0 Å². The molecule has 0 saturated heterocycles. The number of aromatic nitrogens is 3. The lowest BCUT2D eigenvalue weighted by atomic mass is 9.89. The van der Waals surface area contributed by atoms with E-state index in [-0.39, 0.29) is 11.3 Å². The molecule has 0 bridgehead atoms. The number of hydrogen-bond donors (Lipinski definition) is 4. The predicted molar refractivity (Wildman–Crippen MR) is 110 cm³/mol. The maximum absolute atomic E-state index is 12.9. The molecule has 1 atom stereocenters. The van der Waals surface area contributed by atoms with E-state index in [9.17, 15) is 14.4 Å². The van der Waals surface area contributed by atoms with Gasteiger partial charge in [-0.2, -0.15) is 0 Å². The Balaban J connectivity index is 1.88. The van der Waals surface area contributed by atoms with Gasteiger partial charge in [0.15, 0.2) is 0 Å². The molecule has 0 aliphatic carbocycles. The molecule has 1 aliphatic heterocycles. The molecular weight excluding hydrogens is 424 g/mol. The molecule has 2 aromatic carbocycles. The maximum atomic E-state index is 12.9. The number of anilines is 1. The summed E-state index contributed by atoms with van der Waals surface area (Å²) in [6.07, 6.45) is 0. The standard InChI is InChI=1S/C20H13BrN4O3/c21-10-7-5-9(6-8-10)16-14(15-17(23-16)24-20(28)25-19(15)27)13-11-3-1-2-4-12(11)22-18(13)26/h1-8,13H,(H,22,26)(H3,23,24,25,27,28)/t13-/m0/s1. The van der Waals surface area contributed by atoms with Crippen LogP contribution in [0.25, 0.3) is 22.3 Å². The fraction of sp³-hybridized carbons (Fsp3) is 0.0500. The van der Waals surface area contributed by atoms with E-state index in [0.717, 1.165) is 21.3 Å². The second-order valence-electron chi connectivity index (χ2n) is 6.59. The first-order chi connectivity index (χ1) is 13.5. The predicted octanol–water partition coefficient (Wildman–Crippen LogP) is 3.06. The number of rotatable bonds is 2. The summed E-state index contributed by atoms with van der Waals surface area (Å²) in [4.78, 5) is 45.3. The van der Waals surface area contributed by atoms with Gasteiger partial charge >= 0.3 is 5.69 Å². The highest BCUT2D eigenvalue weighted by molar-refractivity contribution is 9.10. The number of halogens is 1. The van der Waals surface area contributed by atoms with Crippen LogP contribution in [0.5, 0.6) is 0 Å². The van der Waals surface area contributed by atoms with Crippen molar-refractivity contribution in [2.75, 3.05) is 5.32 Å². The van der Waals surface area contributed by atoms with Crippen molar-refractivity contribution in [1.29, 1.82) is 0 Å². The summed E-state index contributed by atoms with van der Waals surface area (Å²) in [5.74, 6) is -0.887. The third-order valence-corrected chi connectivity index (χ3v) is 5.47. The summed E-state index contributed by atoms with van der Waals surface area (Å²) in [5, 5.41) is 3.15. The number of para-hydroxylation sites is 1. The lowest BCUT2D eigenvalue weighted by molar-refractivity contribution is -0.116. The molecule has 28 heavy (non-hydrogen) atoms. The first kappa shape index (κ1) is 16.8. The van der Waals surface area contributed by atoms with Crippen LogP contribution in [0, 0.1) is 0 Å². The normalized spacial score (nSPS) is 15.6. The molecule has 1 aliphatic rings. The summed E-state index contributed by atoms with van der Waals surface area (Å²) in [6.45, 7) is 0. The number of hydrogen-bond acceptors (Lipinski definition) is 3. The molecule has 1 amide bonds. The van der Waals surface area contributed by atoms with Crippen LogP contribution in [0.2, 0.25) is 0 Å². The molecular formula is C20H13BrN4O3. The van der Waals surface area contributed by atoms with Crippen LogP contribution in [0.15, 0.2) is 62.6 Å². The topological polar surface area (TPSA) is 111 Å². The highest BCUT2D eigenvalue weighted by Crippen LogP contribution is 2.43. The fourth-order valence-corrected chi connectivity index (χ4v) is 4.05. The van der Waals surface area contributed by atoms with Gasteiger partial charge in [0.25, 0.3) is 5.56 Å². The Kier molecular flexibility index (Phi) is 3.63. The lowest BCUT2D eigenvalue weighted by Gasteiger charge is -2.11. The number of amides is 1. The lowest BCUT2D eigenvalue weighted by Crippen LogP contribution is -2.23. The summed E-state index contributed by atoms with van der Waals surface area (Å²) in [7, 11) is 0. The zero-order chi connectivity index (χ0) is 19.4. The van der Waals surface area contributed by atoms with Gasteiger partial charge in [0.1, 0.15) is 5.65 Å². The van der Waals surface area contributed by atoms with Crippen LogP contribution < -0.4 is 16.6 Å². The molecule has 5 rings (SSSR count). The van der Waals surface area contributed by atoms with Crippen LogP contribution in [0.3, 0.4) is 0 Å². The third kappa shape index (κ3) is 2.45. The minimum Gasteiger partial charge on any atom is -0.340 e. The van der Waals surface area contributed by atoms with Crippen molar-refractivity contribution in [3.8, 4) is 11.3 Å². The first-order valence-corrected chi connectivity index (χ1v) is 9.36. The molecule has 0 radical (unpaired) electrons. The fourth-order valence-electron chi connectivity index (χ4n) is 3.78. The number of fused-ring (bicyclic) bond motifs is 2. The number of carbonyl (C=O) groups is 1. The Bertz CT molecular complexity index is 1360. The van der Waals surface area contributed by atoms with E-state index in [1.54, 1.807) is 0 Å². The summed E-state index contributed by atoms with van der Waals surface area (Å²) < 4.78 is 0.907. The van der Waals surface area contributed by atoms with Crippen LogP contribution in [-0.4, -0.2) is 20.9 Å². The monoisotopic (exact) mass is 436 g/mol. The molecule has 0 unspecified atom stereocenters. The third-order valence-electron chi connectivity index (χ3n) is 4.94. The molecule has 4 N–H and O–H groups in total. The van der Waals surface area contributed by atoms with Crippen LogP contribution in [0.4, 0.5) is 5.69 Å². The van der Waals surface area contributed by atoms with Crippen molar-refractivity contribution in [2.24, 2.45) is 0 Å². The van der Waals surface area contributed by atoms with Crippen molar-refractivity contribution in [3.63, 3.8) is 0 Å². The van der Waals surface area contributed by atoms with Gasteiger partial charge in [-0.3, -0.25) is 19.6 Å². The van der Waals surface area contributed by atoms with E-state index in [1.807, 2.05) is 48.5 Å². The Morgan fingerprint density at radius 3 is 2.39 bits per heavy atom. The smallest absolute Gasteiger partial charge is 0.327 e. The Morgan fingerprint density at radius 1 is 0.857 bits per heavy atom. The van der Waals surface area contributed by atoms with Crippen molar-refractivity contribution in [1.82, 2.24) is 15.0 Å². The van der Waals surface area contributed by atoms with Gasteiger partial charge < -0.3 is 10.3 Å². The van der Waals surface area contributed by atoms with E-state index in [0.29, 0.717) is 16.9 Å². The van der Waals surface area contributed by atoms with E-state index >= 15 is 0 Å². The first-order valence-electron chi connectivity index (χ1n) is 8.57. The molecule has 7 nitrogen and oxygen atoms in total. The molecule has 0 saturated carbocycles. The quantitative estimate of drug-likeness (QED) is 0.387. The summed E-state index contributed by atoms with van der Waals surface area (Å²) in [5.41, 5.74) is 2.61. The minimum atomic E-state index is -0.671. The SMILES string of the molecule is O=C1Nc2ccccc2[C@H]1c1c(-c2ccc(Br)cc2)[nH]c2[nH]c(=O)[nH]c(=O)c12. The molecule has 3 heterocycles. The number of H-pyrrole nitrogens is 3. The average Bonchev–Trinajstić information content (AvgIpc) is 3.19. The second kappa shape index (κ2) is 6.07. The van der Waals surface area contributed by atoms with Crippen molar-refractivity contribution >= 4 is 38.6 Å². The molecule has 4 aromatic rings. The number of benzene rings is 2. The maximum Gasteiger partial charge on any atom is 0.327 e. The number of nitrogens with one attached hydrogen (secondary N) is 4. The molecule has 2 aromatic heterocycles. The van der Waals surface area contributed by atoms with Crippen LogP contribution in [-0.2, 0) is 4.79 Å². The van der Waals surface area contributed by atoms with Gasteiger partial charge in [-0.1, -0.05) is 46.3 Å². The van der Waals surface area contributed by atoms with E-state index < -0.39 is 17.2 Å². The van der Waals surface area contributed by atoms with E-state index in [1.165, 1.54) is 0 Å².